The normalized spacial score (nSPS) is 21.3. The van der Waals surface area contributed by atoms with E-state index in [2.05, 4.69) is 25.2 Å². The van der Waals surface area contributed by atoms with Crippen LogP contribution in [0.5, 0.6) is 11.5 Å². The zero-order chi connectivity index (χ0) is 27.7. The van der Waals surface area contributed by atoms with E-state index in [0.717, 1.165) is 24.3 Å². The molecule has 1 amide bonds. The number of benzene rings is 1. The molecule has 5 rings (SSSR count). The van der Waals surface area contributed by atoms with Crippen molar-refractivity contribution in [1.82, 2.24) is 24.4 Å². The van der Waals surface area contributed by atoms with Crippen molar-refractivity contribution in [2.75, 3.05) is 50.9 Å². The number of nitrogen functional groups attached to an aromatic ring is 1. The summed E-state index contributed by atoms with van der Waals surface area (Å²) in [6.07, 6.45) is 2.86. The van der Waals surface area contributed by atoms with Crippen molar-refractivity contribution in [1.29, 1.82) is 0 Å². The number of rotatable bonds is 7. The summed E-state index contributed by atoms with van der Waals surface area (Å²) in [6, 6.07) is 3.68. The average molecular weight is 539 g/mol. The Morgan fingerprint density at radius 2 is 2.00 bits per heavy atom. The largest absolute Gasteiger partial charge is 0.491 e. The van der Waals surface area contributed by atoms with E-state index in [1.165, 1.54) is 19.5 Å². The molecule has 4 N–H and O–H groups in total. The number of hydrogen-bond donors (Lipinski definition) is 3. The van der Waals surface area contributed by atoms with E-state index in [-0.39, 0.29) is 35.9 Å². The van der Waals surface area contributed by atoms with Gasteiger partial charge < -0.3 is 30.4 Å². The van der Waals surface area contributed by atoms with Gasteiger partial charge in [-0.2, -0.15) is 4.99 Å². The molecule has 2 aliphatic rings. The predicted octanol–water partition coefficient (Wildman–Crippen LogP) is 0.823. The SMILES string of the molecule is COc1c(OCC(C)(O)CN2C[C@@H](C)O[C@@H](C)C2)ccc2c3n(c(=NC(=O)c4cnc(N)nc4)nc12)CCN3. The van der Waals surface area contributed by atoms with Gasteiger partial charge in [-0.05, 0) is 32.9 Å². The van der Waals surface area contributed by atoms with Crippen LogP contribution in [0.4, 0.5) is 11.8 Å². The number of nitrogens with two attached hydrogens (primary N) is 1. The Hall–Kier alpha value is -3.81. The number of β-amino-alcohol motifs (C(OH)–C–C–N with tert-alkyl or cyclic N) is 1. The van der Waals surface area contributed by atoms with Crippen molar-refractivity contribution in [2.45, 2.75) is 45.1 Å². The van der Waals surface area contributed by atoms with Crippen LogP contribution in [0.15, 0.2) is 29.5 Å². The van der Waals surface area contributed by atoms with Crippen LogP contribution in [0.1, 0.15) is 31.1 Å². The number of aliphatic hydroxyl groups is 1. The third-order valence-electron chi connectivity index (χ3n) is 6.62. The van der Waals surface area contributed by atoms with E-state index in [1.807, 2.05) is 24.5 Å². The highest BCUT2D eigenvalue weighted by Crippen LogP contribution is 2.37. The second-order valence-electron chi connectivity index (χ2n) is 10.3. The first-order chi connectivity index (χ1) is 18.6. The number of carbonyl (C=O) groups excluding carboxylic acids is 1. The minimum atomic E-state index is -1.12. The van der Waals surface area contributed by atoms with E-state index in [4.69, 9.17) is 24.9 Å². The van der Waals surface area contributed by atoms with E-state index < -0.39 is 11.5 Å². The molecule has 39 heavy (non-hydrogen) atoms. The lowest BCUT2D eigenvalue weighted by Crippen LogP contribution is -2.52. The molecule has 0 aliphatic carbocycles. The Labute approximate surface area is 225 Å². The van der Waals surface area contributed by atoms with Crippen molar-refractivity contribution < 1.29 is 24.1 Å². The third kappa shape index (κ3) is 5.79. The van der Waals surface area contributed by atoms with E-state index in [9.17, 15) is 9.90 Å². The maximum Gasteiger partial charge on any atom is 0.283 e. The van der Waals surface area contributed by atoms with Gasteiger partial charge in [0, 0.05) is 50.5 Å². The summed E-state index contributed by atoms with van der Waals surface area (Å²) < 4.78 is 19.5. The fourth-order valence-electron chi connectivity index (χ4n) is 5.12. The van der Waals surface area contributed by atoms with Gasteiger partial charge in [0.1, 0.15) is 23.5 Å². The summed E-state index contributed by atoms with van der Waals surface area (Å²) in [7, 11) is 1.53. The molecule has 0 radical (unpaired) electrons. The molecule has 0 bridgehead atoms. The molecule has 13 nitrogen and oxygen atoms in total. The lowest BCUT2D eigenvalue weighted by atomic mass is 10.1. The summed E-state index contributed by atoms with van der Waals surface area (Å²) in [4.78, 5) is 31.7. The summed E-state index contributed by atoms with van der Waals surface area (Å²) in [5.41, 5.74) is 5.30. The Bertz CT molecular complexity index is 1430. The zero-order valence-electron chi connectivity index (χ0n) is 22.5. The predicted molar refractivity (Wildman–Crippen MR) is 144 cm³/mol. The maximum atomic E-state index is 12.8. The van der Waals surface area contributed by atoms with Crippen LogP contribution in [-0.2, 0) is 11.3 Å². The summed E-state index contributed by atoms with van der Waals surface area (Å²) in [6.45, 7) is 9.02. The monoisotopic (exact) mass is 538 g/mol. The fourth-order valence-corrected chi connectivity index (χ4v) is 5.12. The minimum Gasteiger partial charge on any atom is -0.491 e. The topological polar surface area (TPSA) is 162 Å². The zero-order valence-corrected chi connectivity index (χ0v) is 22.5. The highest BCUT2D eigenvalue weighted by atomic mass is 16.5. The van der Waals surface area contributed by atoms with Gasteiger partial charge in [0.25, 0.3) is 5.91 Å². The number of methoxy groups -OCH3 is 1. The summed E-state index contributed by atoms with van der Waals surface area (Å²) in [5, 5.41) is 15.3. The minimum absolute atomic E-state index is 0.0415. The van der Waals surface area contributed by atoms with E-state index in [1.54, 1.807) is 13.0 Å². The van der Waals surface area contributed by atoms with Crippen molar-refractivity contribution in [3.05, 3.63) is 35.7 Å². The number of fused-ring (bicyclic) bond motifs is 3. The molecule has 1 aromatic carbocycles. The average Bonchev–Trinajstić information content (AvgIpc) is 3.37. The smallest absolute Gasteiger partial charge is 0.283 e. The van der Waals surface area contributed by atoms with Gasteiger partial charge in [-0.1, -0.05) is 0 Å². The first-order valence-corrected chi connectivity index (χ1v) is 12.9. The fraction of sp³-hybridized carbons (Fsp3) is 0.500. The highest BCUT2D eigenvalue weighted by molar-refractivity contribution is 5.96. The Morgan fingerprint density at radius 1 is 1.28 bits per heavy atom. The Balaban J connectivity index is 1.45. The van der Waals surface area contributed by atoms with Crippen LogP contribution in [-0.4, -0.2) is 93.1 Å². The second kappa shape index (κ2) is 10.8. The highest BCUT2D eigenvalue weighted by Gasteiger charge is 2.31. The molecular formula is C26H34N8O5. The molecule has 1 saturated heterocycles. The molecule has 4 heterocycles. The van der Waals surface area contributed by atoms with Gasteiger partial charge in [0.2, 0.25) is 11.6 Å². The standard InChI is InChI=1S/C26H34N8O5/c1-15-11-33(12-16(2)39-15)13-26(3,36)14-38-19-6-5-18-20(21(19)37-4)31-25(34-8-7-28-22(18)34)32-23(35)17-9-29-24(27)30-10-17/h5-6,9-10,15-16,28,36H,7-8,11-14H2,1-4H3,(H2,27,29,30)/t15-,16+,26?. The van der Waals surface area contributed by atoms with Crippen LogP contribution in [0.2, 0.25) is 0 Å². The van der Waals surface area contributed by atoms with Gasteiger partial charge >= 0.3 is 0 Å². The van der Waals surface area contributed by atoms with Gasteiger partial charge in [-0.3, -0.25) is 14.3 Å². The molecule has 0 spiro atoms. The number of aromatic nitrogens is 4. The van der Waals surface area contributed by atoms with E-state index >= 15 is 0 Å². The Morgan fingerprint density at radius 3 is 2.69 bits per heavy atom. The molecule has 3 aromatic rings. The molecule has 2 aliphatic heterocycles. The number of anilines is 2. The van der Waals surface area contributed by atoms with Crippen LogP contribution < -0.4 is 26.1 Å². The van der Waals surface area contributed by atoms with Gasteiger partial charge in [-0.15, -0.1) is 0 Å². The Kier molecular flexibility index (Phi) is 7.38. The molecule has 13 heteroatoms. The summed E-state index contributed by atoms with van der Waals surface area (Å²) >= 11 is 0. The van der Waals surface area contributed by atoms with Crippen LogP contribution >= 0.6 is 0 Å². The quantitative estimate of drug-likeness (QED) is 0.390. The molecule has 3 atom stereocenters. The lowest BCUT2D eigenvalue weighted by Gasteiger charge is -2.38. The molecule has 2 aromatic heterocycles. The number of hydrogen-bond acceptors (Lipinski definition) is 11. The van der Waals surface area contributed by atoms with Crippen LogP contribution in [0.3, 0.4) is 0 Å². The molecular weight excluding hydrogens is 504 g/mol. The number of ether oxygens (including phenoxy) is 3. The van der Waals surface area contributed by atoms with Crippen molar-refractivity contribution in [3.63, 3.8) is 0 Å². The van der Waals surface area contributed by atoms with Crippen molar-refractivity contribution >= 4 is 28.6 Å². The number of nitrogens with zero attached hydrogens (tertiary/aromatic N) is 6. The van der Waals surface area contributed by atoms with Crippen LogP contribution in [0, 0.1) is 0 Å². The van der Waals surface area contributed by atoms with Gasteiger partial charge in [0.05, 0.1) is 24.9 Å². The molecule has 208 valence electrons. The third-order valence-corrected chi connectivity index (χ3v) is 6.62. The number of morpholine rings is 1. The molecule has 1 fully saturated rings. The second-order valence-corrected chi connectivity index (χ2v) is 10.3. The van der Waals surface area contributed by atoms with Gasteiger partial charge in [0.15, 0.2) is 11.5 Å². The molecule has 0 saturated carbocycles. The van der Waals surface area contributed by atoms with Crippen molar-refractivity contribution in [3.8, 4) is 11.5 Å². The molecule has 1 unspecified atom stereocenters. The van der Waals surface area contributed by atoms with Crippen molar-refractivity contribution in [2.24, 2.45) is 4.99 Å². The van der Waals surface area contributed by atoms with Crippen LogP contribution in [0.25, 0.3) is 10.9 Å². The number of nitrogens with one attached hydrogen (secondary N) is 1. The lowest BCUT2D eigenvalue weighted by molar-refractivity contribution is -0.0952. The maximum absolute atomic E-state index is 12.8. The number of amides is 1. The summed E-state index contributed by atoms with van der Waals surface area (Å²) in [5.74, 6) is 1.10. The van der Waals surface area contributed by atoms with E-state index in [0.29, 0.717) is 36.6 Å². The first-order valence-electron chi connectivity index (χ1n) is 12.9. The first kappa shape index (κ1) is 26.8. The van der Waals surface area contributed by atoms with Gasteiger partial charge in [-0.25, -0.2) is 15.0 Å². The number of carbonyl (C=O) groups is 1.